The zero-order valence-electron chi connectivity index (χ0n) is 17.7. The lowest BCUT2D eigenvalue weighted by atomic mass is 9.65. The Balaban J connectivity index is 0.000000994. The summed E-state index contributed by atoms with van der Waals surface area (Å²) in [4.78, 5) is 0. The zero-order chi connectivity index (χ0) is 20.4. The molecular weight excluding hydrogens is 348 g/mol. The maximum absolute atomic E-state index is 2.38. The van der Waals surface area contributed by atoms with Crippen molar-refractivity contribution in [1.29, 1.82) is 0 Å². The van der Waals surface area contributed by atoms with Crippen LogP contribution < -0.4 is 0 Å². The predicted octanol–water partition coefficient (Wildman–Crippen LogP) is 7.87. The Bertz CT molecular complexity index is 1140. The first-order valence-electron chi connectivity index (χ1n) is 10.6. The van der Waals surface area contributed by atoms with Gasteiger partial charge in [0, 0.05) is 0 Å². The predicted molar refractivity (Wildman–Crippen MR) is 126 cm³/mol. The number of fused-ring (bicyclic) bond motifs is 7. The van der Waals surface area contributed by atoms with Gasteiger partial charge in [-0.3, -0.25) is 0 Å². The SMILES string of the molecule is C/C=C1/C=C\C=C/c2ccccc2C12c1ccccc1-c1ccc(C)cc12.CC. The van der Waals surface area contributed by atoms with Crippen LogP contribution >= 0.6 is 0 Å². The number of hydrogen-bond acceptors (Lipinski definition) is 0. The van der Waals surface area contributed by atoms with Crippen LogP contribution in [0.3, 0.4) is 0 Å². The van der Waals surface area contributed by atoms with E-state index in [0.29, 0.717) is 0 Å². The maximum Gasteiger partial charge on any atom is 0.0716 e. The molecule has 0 radical (unpaired) electrons. The molecule has 0 fully saturated rings. The van der Waals surface area contributed by atoms with Crippen LogP contribution in [-0.4, -0.2) is 0 Å². The van der Waals surface area contributed by atoms with E-state index in [2.05, 4.69) is 111 Å². The molecule has 1 unspecified atom stereocenters. The van der Waals surface area contributed by atoms with Crippen LogP contribution in [0.1, 0.15) is 48.6 Å². The number of allylic oxidation sites excluding steroid dienone is 5. The molecule has 2 aliphatic rings. The molecule has 3 aromatic rings. The van der Waals surface area contributed by atoms with Crippen molar-refractivity contribution in [2.75, 3.05) is 0 Å². The Kier molecular flexibility index (Phi) is 5.11. The highest BCUT2D eigenvalue weighted by atomic mass is 14.5. The van der Waals surface area contributed by atoms with Gasteiger partial charge in [0.2, 0.25) is 0 Å². The average molecular weight is 377 g/mol. The van der Waals surface area contributed by atoms with Gasteiger partial charge in [-0.2, -0.15) is 0 Å². The molecule has 0 heterocycles. The Labute approximate surface area is 174 Å². The molecule has 0 N–H and O–H groups in total. The highest BCUT2D eigenvalue weighted by Gasteiger charge is 2.47. The van der Waals surface area contributed by atoms with Gasteiger partial charge in [0.15, 0.2) is 0 Å². The summed E-state index contributed by atoms with van der Waals surface area (Å²) < 4.78 is 0. The van der Waals surface area contributed by atoms with Crippen LogP contribution in [0.25, 0.3) is 17.2 Å². The van der Waals surface area contributed by atoms with Gasteiger partial charge in [-0.1, -0.05) is 117 Å². The van der Waals surface area contributed by atoms with Gasteiger partial charge in [-0.05, 0) is 52.8 Å². The summed E-state index contributed by atoms with van der Waals surface area (Å²) in [6.07, 6.45) is 11.1. The van der Waals surface area contributed by atoms with E-state index in [9.17, 15) is 0 Å². The zero-order valence-corrected chi connectivity index (χ0v) is 17.7. The van der Waals surface area contributed by atoms with Gasteiger partial charge >= 0.3 is 0 Å². The van der Waals surface area contributed by atoms with Gasteiger partial charge in [-0.25, -0.2) is 0 Å². The summed E-state index contributed by atoms with van der Waals surface area (Å²) in [5.41, 5.74) is 10.5. The molecule has 29 heavy (non-hydrogen) atoms. The third-order valence-electron chi connectivity index (χ3n) is 5.97. The molecule has 0 bridgehead atoms. The van der Waals surface area contributed by atoms with Gasteiger partial charge in [0.25, 0.3) is 0 Å². The summed E-state index contributed by atoms with van der Waals surface area (Å²) in [6.45, 7) is 8.35. The maximum atomic E-state index is 2.38. The van der Waals surface area contributed by atoms with Crippen molar-refractivity contribution < 1.29 is 0 Å². The van der Waals surface area contributed by atoms with Crippen molar-refractivity contribution in [3.8, 4) is 11.1 Å². The minimum atomic E-state index is -0.273. The van der Waals surface area contributed by atoms with Crippen LogP contribution in [-0.2, 0) is 5.41 Å². The van der Waals surface area contributed by atoms with Gasteiger partial charge in [0.05, 0.1) is 5.41 Å². The number of rotatable bonds is 0. The highest BCUT2D eigenvalue weighted by molar-refractivity contribution is 5.88. The molecular formula is C29H28. The van der Waals surface area contributed by atoms with E-state index in [1.165, 1.54) is 44.5 Å². The van der Waals surface area contributed by atoms with Crippen LogP contribution in [0.4, 0.5) is 0 Å². The third kappa shape index (κ3) is 2.75. The van der Waals surface area contributed by atoms with E-state index >= 15 is 0 Å². The van der Waals surface area contributed by atoms with E-state index in [-0.39, 0.29) is 5.41 Å². The smallest absolute Gasteiger partial charge is 0.0716 e. The number of benzene rings is 3. The van der Waals surface area contributed by atoms with E-state index in [0.717, 1.165) is 0 Å². The van der Waals surface area contributed by atoms with E-state index in [1.54, 1.807) is 0 Å². The fraction of sp³-hybridized carbons (Fsp3) is 0.172. The van der Waals surface area contributed by atoms with Gasteiger partial charge < -0.3 is 0 Å². The molecule has 2 aliphatic carbocycles. The van der Waals surface area contributed by atoms with Crippen LogP contribution in [0.5, 0.6) is 0 Å². The lowest BCUT2D eigenvalue weighted by Crippen LogP contribution is -2.30. The lowest BCUT2D eigenvalue weighted by Gasteiger charge is -2.36. The van der Waals surface area contributed by atoms with Crippen molar-refractivity contribution in [3.63, 3.8) is 0 Å². The first-order chi connectivity index (χ1) is 14.3. The van der Waals surface area contributed by atoms with E-state index < -0.39 is 0 Å². The molecule has 144 valence electrons. The van der Waals surface area contributed by atoms with E-state index in [4.69, 9.17) is 0 Å². The lowest BCUT2D eigenvalue weighted by molar-refractivity contribution is 0.761. The quantitative estimate of drug-likeness (QED) is 0.374. The monoisotopic (exact) mass is 376 g/mol. The highest BCUT2D eigenvalue weighted by Crippen LogP contribution is 2.57. The third-order valence-corrected chi connectivity index (χ3v) is 5.97. The standard InChI is InChI=1S/C27H22.C2H6/c1-3-21-12-6-4-10-20-11-5-8-14-24(20)27(21)25-15-9-7-13-22(25)23-17-16-19(2)18-26(23)27;1-2/h3-18H,1-2H3;1-2H3/b10-4-,12-6-,21-3-;. The van der Waals surface area contributed by atoms with Crippen molar-refractivity contribution >= 4 is 6.08 Å². The Morgan fingerprint density at radius 3 is 2.14 bits per heavy atom. The largest absolute Gasteiger partial charge is 0.0828 e. The summed E-state index contributed by atoms with van der Waals surface area (Å²) in [7, 11) is 0. The molecule has 0 aliphatic heterocycles. The molecule has 3 aromatic carbocycles. The van der Waals surface area contributed by atoms with Crippen LogP contribution in [0.2, 0.25) is 0 Å². The molecule has 0 amide bonds. The van der Waals surface area contributed by atoms with Crippen LogP contribution in [0.15, 0.2) is 96.6 Å². The molecule has 1 spiro atoms. The second kappa shape index (κ2) is 7.72. The fourth-order valence-corrected chi connectivity index (χ4v) is 4.89. The fourth-order valence-electron chi connectivity index (χ4n) is 4.89. The molecule has 0 heteroatoms. The Hall–Kier alpha value is -3.12. The van der Waals surface area contributed by atoms with Gasteiger partial charge in [-0.15, -0.1) is 0 Å². The number of hydrogen-bond donors (Lipinski definition) is 0. The Morgan fingerprint density at radius 2 is 1.34 bits per heavy atom. The minimum absolute atomic E-state index is 0.273. The first kappa shape index (κ1) is 19.2. The molecule has 0 saturated heterocycles. The molecule has 1 atom stereocenters. The summed E-state index contributed by atoms with van der Waals surface area (Å²) in [5, 5.41) is 0. The molecule has 0 aromatic heterocycles. The normalized spacial score (nSPS) is 21.9. The van der Waals surface area contributed by atoms with Gasteiger partial charge in [0.1, 0.15) is 0 Å². The van der Waals surface area contributed by atoms with Crippen molar-refractivity contribution in [3.05, 3.63) is 124 Å². The minimum Gasteiger partial charge on any atom is -0.0828 e. The summed E-state index contributed by atoms with van der Waals surface area (Å²) in [5.74, 6) is 0. The summed E-state index contributed by atoms with van der Waals surface area (Å²) >= 11 is 0. The van der Waals surface area contributed by atoms with E-state index in [1.807, 2.05) is 13.8 Å². The first-order valence-corrected chi connectivity index (χ1v) is 10.6. The second-order valence-electron chi connectivity index (χ2n) is 7.39. The van der Waals surface area contributed by atoms with Crippen LogP contribution in [0, 0.1) is 6.92 Å². The van der Waals surface area contributed by atoms with Crippen molar-refractivity contribution in [1.82, 2.24) is 0 Å². The molecule has 5 rings (SSSR count). The second-order valence-corrected chi connectivity index (χ2v) is 7.39. The summed E-state index contributed by atoms with van der Waals surface area (Å²) in [6, 6.07) is 24.7. The van der Waals surface area contributed by atoms with Crippen molar-refractivity contribution in [2.24, 2.45) is 0 Å². The topological polar surface area (TPSA) is 0 Å². The Morgan fingerprint density at radius 1 is 0.690 bits per heavy atom. The average Bonchev–Trinajstić information content (AvgIpc) is 3.05. The molecule has 0 nitrogen and oxygen atoms in total. The number of aryl methyl sites for hydroxylation is 1. The van der Waals surface area contributed by atoms with Crippen molar-refractivity contribution in [2.45, 2.75) is 33.1 Å². The molecule has 0 saturated carbocycles.